The minimum atomic E-state index is -0.558. The molecule has 144 valence electrons. The lowest BCUT2D eigenvalue weighted by atomic mass is 10.1. The summed E-state index contributed by atoms with van der Waals surface area (Å²) < 4.78 is 9.87. The third-order valence-corrected chi connectivity index (χ3v) is 4.88. The first kappa shape index (κ1) is 20.2. The third kappa shape index (κ3) is 3.85. The number of halogens is 3. The lowest BCUT2D eigenvalue weighted by Gasteiger charge is -2.10. The molecule has 0 radical (unpaired) electrons. The zero-order valence-corrected chi connectivity index (χ0v) is 16.9. The van der Waals surface area contributed by atoms with Crippen molar-refractivity contribution in [1.29, 1.82) is 0 Å². The van der Waals surface area contributed by atoms with E-state index in [9.17, 15) is 9.59 Å². The fourth-order valence-electron chi connectivity index (χ4n) is 2.58. The van der Waals surface area contributed by atoms with Crippen molar-refractivity contribution < 1.29 is 18.8 Å². The Hall–Kier alpha value is -2.54. The number of nitrogens with one attached hydrogen (secondary N) is 1. The number of aryl methyl sites for hydroxylation is 1. The van der Waals surface area contributed by atoms with Gasteiger partial charge in [-0.15, -0.1) is 0 Å². The van der Waals surface area contributed by atoms with E-state index in [0.29, 0.717) is 15.6 Å². The van der Waals surface area contributed by atoms with Gasteiger partial charge < -0.3 is 14.6 Å². The van der Waals surface area contributed by atoms with Crippen molar-refractivity contribution in [2.75, 3.05) is 12.4 Å². The summed E-state index contributed by atoms with van der Waals surface area (Å²) in [6.07, 6.45) is 0. The van der Waals surface area contributed by atoms with Gasteiger partial charge in [0.2, 0.25) is 0 Å². The summed E-state index contributed by atoms with van der Waals surface area (Å²) in [5.41, 5.74) is 1.19. The van der Waals surface area contributed by atoms with Gasteiger partial charge in [0.1, 0.15) is 17.0 Å². The van der Waals surface area contributed by atoms with Crippen LogP contribution in [0.5, 0.6) is 0 Å². The third-order valence-electron chi connectivity index (χ3n) is 3.93. The van der Waals surface area contributed by atoms with Crippen LogP contribution in [-0.4, -0.2) is 24.1 Å². The first-order valence-electron chi connectivity index (χ1n) is 7.93. The minimum Gasteiger partial charge on any atom is -0.465 e. The van der Waals surface area contributed by atoms with Crippen LogP contribution < -0.4 is 5.32 Å². The Balaban J connectivity index is 2.02. The van der Waals surface area contributed by atoms with Crippen molar-refractivity contribution in [3.05, 3.63) is 68.4 Å². The molecular weight excluding hydrogens is 427 g/mol. The Labute approximate surface area is 175 Å². The fourth-order valence-corrected chi connectivity index (χ4v) is 3.33. The number of amides is 1. The van der Waals surface area contributed by atoms with E-state index >= 15 is 0 Å². The molecule has 0 aliphatic rings. The van der Waals surface area contributed by atoms with Crippen molar-refractivity contribution in [3.8, 4) is 11.3 Å². The number of hydrogen-bond acceptors (Lipinski definition) is 5. The van der Waals surface area contributed by atoms with Gasteiger partial charge in [0.15, 0.2) is 0 Å². The highest BCUT2D eigenvalue weighted by Gasteiger charge is 2.25. The Morgan fingerprint density at radius 3 is 2.39 bits per heavy atom. The summed E-state index contributed by atoms with van der Waals surface area (Å²) in [6, 6.07) is 9.32. The highest BCUT2D eigenvalue weighted by Crippen LogP contribution is 2.37. The molecule has 1 aromatic heterocycles. The van der Waals surface area contributed by atoms with E-state index in [4.69, 9.17) is 39.3 Å². The van der Waals surface area contributed by atoms with E-state index in [1.165, 1.54) is 25.3 Å². The topological polar surface area (TPSA) is 81.4 Å². The quantitative estimate of drug-likeness (QED) is 0.531. The number of benzene rings is 2. The number of hydrogen-bond donors (Lipinski definition) is 1. The number of anilines is 1. The lowest BCUT2D eigenvalue weighted by molar-refractivity contribution is 0.0600. The second-order valence-electron chi connectivity index (χ2n) is 5.70. The minimum absolute atomic E-state index is 0.148. The molecule has 0 unspecified atom stereocenters. The predicted molar refractivity (Wildman–Crippen MR) is 107 cm³/mol. The van der Waals surface area contributed by atoms with Gasteiger partial charge >= 0.3 is 5.97 Å². The van der Waals surface area contributed by atoms with Crippen molar-refractivity contribution in [2.45, 2.75) is 6.92 Å². The highest BCUT2D eigenvalue weighted by molar-refractivity contribution is 6.39. The van der Waals surface area contributed by atoms with E-state index < -0.39 is 11.9 Å². The van der Waals surface area contributed by atoms with Crippen LogP contribution >= 0.6 is 34.8 Å². The molecule has 0 spiro atoms. The first-order valence-corrected chi connectivity index (χ1v) is 9.06. The largest absolute Gasteiger partial charge is 0.465 e. The van der Waals surface area contributed by atoms with Gasteiger partial charge in [-0.2, -0.15) is 0 Å². The van der Waals surface area contributed by atoms with E-state index in [1.807, 2.05) is 0 Å². The predicted octanol–water partition coefficient (Wildman–Crippen LogP) is 5.65. The molecule has 0 atom stereocenters. The maximum Gasteiger partial charge on any atom is 0.337 e. The zero-order chi connectivity index (χ0) is 20.4. The summed E-state index contributed by atoms with van der Waals surface area (Å²) in [7, 11) is 1.26. The van der Waals surface area contributed by atoms with Crippen LogP contribution in [0.4, 0.5) is 5.69 Å². The number of ether oxygens (including phenoxy) is 1. The Bertz CT molecular complexity index is 1060. The maximum absolute atomic E-state index is 12.9. The molecule has 1 N–H and O–H groups in total. The summed E-state index contributed by atoms with van der Waals surface area (Å²) in [5.74, 6) is -0.839. The average molecular weight is 440 g/mol. The number of rotatable bonds is 4. The molecule has 0 bridgehead atoms. The molecule has 9 heteroatoms. The Morgan fingerprint density at radius 2 is 1.75 bits per heavy atom. The molecule has 2 aromatic carbocycles. The van der Waals surface area contributed by atoms with Crippen LogP contribution in [-0.2, 0) is 4.74 Å². The monoisotopic (exact) mass is 438 g/mol. The number of nitrogens with zero attached hydrogens (tertiary/aromatic N) is 1. The number of carbonyl (C=O) groups is 2. The SMILES string of the molecule is COC(=O)c1ccc(Cl)c(NC(=O)c2c(-c3c(Cl)cccc3Cl)noc2C)c1. The van der Waals surface area contributed by atoms with Gasteiger partial charge in [-0.3, -0.25) is 4.79 Å². The van der Waals surface area contributed by atoms with Gasteiger partial charge in [0.05, 0.1) is 33.4 Å². The fraction of sp³-hybridized carbons (Fsp3) is 0.105. The molecule has 0 fully saturated rings. The van der Waals surface area contributed by atoms with Crippen molar-refractivity contribution in [1.82, 2.24) is 5.16 Å². The molecule has 0 aliphatic heterocycles. The van der Waals surface area contributed by atoms with E-state index in [-0.39, 0.29) is 33.3 Å². The number of aromatic nitrogens is 1. The number of methoxy groups -OCH3 is 1. The second-order valence-corrected chi connectivity index (χ2v) is 6.92. The van der Waals surface area contributed by atoms with Gasteiger partial charge in [-0.25, -0.2) is 4.79 Å². The zero-order valence-electron chi connectivity index (χ0n) is 14.7. The summed E-state index contributed by atoms with van der Waals surface area (Å²) in [6.45, 7) is 1.59. The summed E-state index contributed by atoms with van der Waals surface area (Å²) in [5, 5.41) is 7.48. The molecule has 3 aromatic rings. The second kappa shape index (κ2) is 8.22. The van der Waals surface area contributed by atoms with Crippen molar-refractivity contribution in [3.63, 3.8) is 0 Å². The lowest BCUT2D eigenvalue weighted by Crippen LogP contribution is -2.14. The van der Waals surface area contributed by atoms with E-state index in [2.05, 4.69) is 15.2 Å². The molecule has 0 saturated heterocycles. The van der Waals surface area contributed by atoms with Crippen molar-refractivity contribution >= 4 is 52.4 Å². The first-order chi connectivity index (χ1) is 13.3. The van der Waals surface area contributed by atoms with Crippen LogP contribution in [0.25, 0.3) is 11.3 Å². The maximum atomic E-state index is 12.9. The van der Waals surface area contributed by atoms with Crippen LogP contribution in [0.1, 0.15) is 26.5 Å². The van der Waals surface area contributed by atoms with Gasteiger partial charge in [0.25, 0.3) is 5.91 Å². The average Bonchev–Trinajstić information content (AvgIpc) is 3.04. The number of carbonyl (C=O) groups excluding carboxylic acids is 2. The Kier molecular flexibility index (Phi) is 5.93. The normalized spacial score (nSPS) is 10.6. The highest BCUT2D eigenvalue weighted by atomic mass is 35.5. The smallest absolute Gasteiger partial charge is 0.337 e. The molecule has 28 heavy (non-hydrogen) atoms. The summed E-state index contributed by atoms with van der Waals surface area (Å²) >= 11 is 18.6. The molecule has 6 nitrogen and oxygen atoms in total. The number of esters is 1. The molecular formula is C19H13Cl3N2O4. The van der Waals surface area contributed by atoms with Crippen LogP contribution in [0.15, 0.2) is 40.9 Å². The van der Waals surface area contributed by atoms with Crippen LogP contribution in [0.2, 0.25) is 15.1 Å². The standard InChI is InChI=1S/C19H13Cl3N2O4/c1-9-15(17(24-28-9)16-12(21)4-3-5-13(16)22)18(25)23-14-8-10(19(26)27-2)6-7-11(14)20/h3-8H,1-2H3,(H,23,25). The molecule has 3 rings (SSSR count). The molecule has 1 amide bonds. The van der Waals surface area contributed by atoms with E-state index in [1.54, 1.807) is 25.1 Å². The van der Waals surface area contributed by atoms with Crippen LogP contribution in [0.3, 0.4) is 0 Å². The molecule has 1 heterocycles. The van der Waals surface area contributed by atoms with Gasteiger partial charge in [-0.05, 0) is 37.3 Å². The Morgan fingerprint density at radius 1 is 1.07 bits per heavy atom. The van der Waals surface area contributed by atoms with Crippen LogP contribution in [0, 0.1) is 6.92 Å². The summed E-state index contributed by atoms with van der Waals surface area (Å²) in [4.78, 5) is 24.7. The molecule has 0 saturated carbocycles. The van der Waals surface area contributed by atoms with E-state index in [0.717, 1.165) is 0 Å². The van der Waals surface area contributed by atoms with Gasteiger partial charge in [-0.1, -0.05) is 46.0 Å². The van der Waals surface area contributed by atoms with Gasteiger partial charge in [0, 0.05) is 5.56 Å². The van der Waals surface area contributed by atoms with Crippen molar-refractivity contribution in [2.24, 2.45) is 0 Å². The molecule has 0 aliphatic carbocycles.